The second kappa shape index (κ2) is 8.92. The highest BCUT2D eigenvalue weighted by Crippen LogP contribution is 1.45. The van der Waals surface area contributed by atoms with E-state index in [0.717, 1.165) is 6.26 Å². The van der Waals surface area contributed by atoms with Crippen LogP contribution in [0.25, 0.3) is 0 Å². The zero-order valence-electron chi connectivity index (χ0n) is 4.22. The van der Waals surface area contributed by atoms with Crippen molar-refractivity contribution in [1.82, 2.24) is 0 Å². The lowest BCUT2D eigenvalue weighted by atomic mass is 11.0. The Balaban J connectivity index is 0. The Morgan fingerprint density at radius 3 is 1.50 bits per heavy atom. The van der Waals surface area contributed by atoms with Gasteiger partial charge in [-0.05, 0) is 6.26 Å². The normalized spacial score (nSPS) is 11.3. The van der Waals surface area contributed by atoms with Gasteiger partial charge in [0.05, 0.1) is 0 Å². The molecule has 0 aromatic carbocycles. The van der Waals surface area contributed by atoms with E-state index >= 15 is 0 Å². The van der Waals surface area contributed by atoms with Crippen molar-refractivity contribution in [2.24, 2.45) is 0 Å². The van der Waals surface area contributed by atoms with Gasteiger partial charge < -0.3 is 4.55 Å². The fourth-order valence-electron chi connectivity index (χ4n) is 0. The van der Waals surface area contributed by atoms with Gasteiger partial charge in [-0.25, -0.2) is 0 Å². The van der Waals surface area contributed by atoms with Crippen LogP contribution >= 0.6 is 0 Å². The summed E-state index contributed by atoms with van der Waals surface area (Å²) < 4.78 is 18.0. The van der Waals surface area contributed by atoms with Crippen LogP contribution in [0.5, 0.6) is 0 Å². The van der Waals surface area contributed by atoms with E-state index in [1.807, 2.05) is 13.8 Å². The van der Waals surface area contributed by atoms with E-state index in [9.17, 15) is 0 Å². The summed E-state index contributed by atoms with van der Waals surface area (Å²) in [7, 11) is 0. The minimum atomic E-state index is -1.86. The summed E-state index contributed by atoms with van der Waals surface area (Å²) >= 11 is -1.86. The summed E-state index contributed by atoms with van der Waals surface area (Å²) in [6.07, 6.45) is 1.08. The summed E-state index contributed by atoms with van der Waals surface area (Å²) in [6.45, 7) is 4.00. The Labute approximate surface area is 40.9 Å². The molecule has 0 fully saturated rings. The van der Waals surface area contributed by atoms with Crippen molar-refractivity contribution in [2.45, 2.75) is 13.8 Å². The molecule has 0 amide bonds. The molecule has 0 aromatic rings. The van der Waals surface area contributed by atoms with E-state index in [-0.39, 0.29) is 0 Å². The van der Waals surface area contributed by atoms with Gasteiger partial charge in [-0.15, -0.1) is 0 Å². The monoisotopic (exact) mass is 109 g/mol. The molecule has 0 saturated heterocycles. The first-order valence-corrected chi connectivity index (χ1v) is 3.22. The van der Waals surface area contributed by atoms with Crippen molar-refractivity contribution >= 4 is 11.1 Å². The molecule has 0 bridgehead atoms. The first-order chi connectivity index (χ1) is 2.73. The van der Waals surface area contributed by atoms with Crippen molar-refractivity contribution in [3.8, 4) is 0 Å². The smallest absolute Gasteiger partial charge is 0.00142 e. The van der Waals surface area contributed by atoms with Gasteiger partial charge in [0.1, 0.15) is 0 Å². The van der Waals surface area contributed by atoms with E-state index in [4.69, 9.17) is 8.76 Å². The summed E-state index contributed by atoms with van der Waals surface area (Å²) in [4.78, 5) is 0. The summed E-state index contributed by atoms with van der Waals surface area (Å²) in [5.74, 6) is 0. The predicted molar refractivity (Wildman–Crippen MR) is 26.2 cm³/mol. The van der Waals surface area contributed by atoms with E-state index in [1.54, 1.807) is 0 Å². The van der Waals surface area contributed by atoms with E-state index in [0.29, 0.717) is 0 Å². The van der Waals surface area contributed by atoms with Crippen LogP contribution in [0.4, 0.5) is 0 Å². The van der Waals surface area contributed by atoms with Crippen LogP contribution in [-0.2, 0) is 11.1 Å². The summed E-state index contributed by atoms with van der Waals surface area (Å²) in [6, 6.07) is 0. The van der Waals surface area contributed by atoms with Crippen molar-refractivity contribution in [3.63, 3.8) is 0 Å². The molecule has 0 aliphatic rings. The van der Waals surface area contributed by atoms with Gasteiger partial charge in [-0.1, -0.05) is 24.9 Å². The van der Waals surface area contributed by atoms with Gasteiger partial charge in [-0.2, -0.15) is 0 Å². The Kier molecular flexibility index (Phi) is 14.0. The third-order valence-electron chi connectivity index (χ3n) is 0. The minimum absolute atomic E-state index is 1.08. The third-order valence-corrected chi connectivity index (χ3v) is 0. The van der Waals surface area contributed by atoms with Crippen LogP contribution in [0.1, 0.15) is 13.8 Å². The SMILES string of the molecule is CC.CS(=O)[O-]. The van der Waals surface area contributed by atoms with Gasteiger partial charge in [0.15, 0.2) is 0 Å². The Bertz CT molecular complexity index is 31.8. The molecule has 2 nitrogen and oxygen atoms in total. The lowest BCUT2D eigenvalue weighted by Crippen LogP contribution is -1.73. The minimum Gasteiger partial charge on any atom is -0.773 e. The molecule has 0 N–H and O–H groups in total. The fraction of sp³-hybridized carbons (Fsp3) is 1.00. The molecule has 0 heterocycles. The van der Waals surface area contributed by atoms with Crippen LogP contribution in [-0.4, -0.2) is 15.0 Å². The second-order valence-corrected chi connectivity index (χ2v) is 1.20. The van der Waals surface area contributed by atoms with Crippen LogP contribution < -0.4 is 0 Å². The molecule has 0 radical (unpaired) electrons. The molecule has 0 aliphatic heterocycles. The van der Waals surface area contributed by atoms with Crippen LogP contribution in [0.3, 0.4) is 0 Å². The Morgan fingerprint density at radius 2 is 1.50 bits per heavy atom. The van der Waals surface area contributed by atoms with Crippen LogP contribution in [0.2, 0.25) is 0 Å². The quantitative estimate of drug-likeness (QED) is 0.425. The Morgan fingerprint density at radius 1 is 1.50 bits per heavy atom. The fourth-order valence-corrected chi connectivity index (χ4v) is 0. The molecular weight excluding hydrogens is 100 g/mol. The summed E-state index contributed by atoms with van der Waals surface area (Å²) in [5.41, 5.74) is 0. The van der Waals surface area contributed by atoms with Crippen molar-refractivity contribution < 1.29 is 8.76 Å². The maximum Gasteiger partial charge on any atom is -0.00142 e. The highest BCUT2D eigenvalue weighted by Gasteiger charge is 1.41. The van der Waals surface area contributed by atoms with Gasteiger partial charge in [0.2, 0.25) is 0 Å². The molecule has 40 valence electrons. The lowest BCUT2D eigenvalue weighted by Gasteiger charge is -1.85. The molecule has 0 spiro atoms. The van der Waals surface area contributed by atoms with Crippen LogP contribution in [0, 0.1) is 0 Å². The van der Waals surface area contributed by atoms with Gasteiger partial charge in [0, 0.05) is 0 Å². The molecule has 0 rings (SSSR count). The first-order valence-electron chi connectivity index (χ1n) is 1.74. The van der Waals surface area contributed by atoms with Gasteiger partial charge in [0.25, 0.3) is 0 Å². The third kappa shape index (κ3) is 3290. The van der Waals surface area contributed by atoms with E-state index in [2.05, 4.69) is 0 Å². The van der Waals surface area contributed by atoms with Crippen molar-refractivity contribution in [2.75, 3.05) is 6.26 Å². The molecule has 0 aliphatic carbocycles. The Hall–Kier alpha value is 0.110. The average Bonchev–Trinajstić information content (AvgIpc) is 1.41. The lowest BCUT2D eigenvalue weighted by molar-refractivity contribution is 0.543. The second-order valence-electron chi connectivity index (χ2n) is 0.401. The average molecular weight is 109 g/mol. The van der Waals surface area contributed by atoms with Crippen molar-refractivity contribution in [1.29, 1.82) is 0 Å². The molecule has 1 unspecified atom stereocenters. The number of rotatable bonds is 0. The molecule has 6 heavy (non-hydrogen) atoms. The molecular formula is C3H9O2S-. The van der Waals surface area contributed by atoms with Crippen LogP contribution in [0.15, 0.2) is 0 Å². The largest absolute Gasteiger partial charge is 0.773 e. The molecule has 1 atom stereocenters. The number of hydrogen-bond donors (Lipinski definition) is 0. The standard InChI is InChI=1S/C2H6.CH4O2S/c1-2;1-4(2)3/h1-2H3;1H3,(H,2,3)/p-1. The van der Waals surface area contributed by atoms with E-state index in [1.165, 1.54) is 0 Å². The number of hydrogen-bond acceptors (Lipinski definition) is 2. The van der Waals surface area contributed by atoms with Gasteiger partial charge in [-0.3, -0.25) is 4.21 Å². The molecule has 0 aromatic heterocycles. The maximum absolute atomic E-state index is 9.00. The zero-order chi connectivity index (χ0) is 5.58. The predicted octanol–water partition coefficient (Wildman–Crippen LogP) is 0.522. The first kappa shape index (κ1) is 9.44. The highest BCUT2D eigenvalue weighted by atomic mass is 32.2. The molecule has 0 saturated carbocycles. The maximum atomic E-state index is 9.00. The topological polar surface area (TPSA) is 40.1 Å². The molecule has 3 heteroatoms. The van der Waals surface area contributed by atoms with E-state index < -0.39 is 11.1 Å². The highest BCUT2D eigenvalue weighted by molar-refractivity contribution is 7.78. The van der Waals surface area contributed by atoms with Crippen molar-refractivity contribution in [3.05, 3.63) is 0 Å². The summed E-state index contributed by atoms with van der Waals surface area (Å²) in [5, 5.41) is 0. The zero-order valence-corrected chi connectivity index (χ0v) is 5.04. The van der Waals surface area contributed by atoms with Gasteiger partial charge >= 0.3 is 0 Å².